The number of aromatic nitrogens is 1. The van der Waals surface area contributed by atoms with Crippen LogP contribution in [0.1, 0.15) is 24.9 Å². The van der Waals surface area contributed by atoms with E-state index in [0.29, 0.717) is 6.54 Å². The lowest BCUT2D eigenvalue weighted by Crippen LogP contribution is -2.41. The standard InChI is InChI=1S/C12H18N2OS/c1-10(11-2-5-13-6-3-11)14-8-12(15)4-7-16-9-12/h2-3,5-6,10,14-15H,4,7-9H2,1H3. The summed E-state index contributed by atoms with van der Waals surface area (Å²) in [6, 6.07) is 4.27. The summed E-state index contributed by atoms with van der Waals surface area (Å²) in [5.74, 6) is 1.92. The SMILES string of the molecule is CC(NCC1(O)CCSC1)c1ccncc1. The third-order valence-corrected chi connectivity index (χ3v) is 4.26. The largest absolute Gasteiger partial charge is 0.388 e. The fraction of sp³-hybridized carbons (Fsp3) is 0.583. The third kappa shape index (κ3) is 2.97. The highest BCUT2D eigenvalue weighted by Gasteiger charge is 2.31. The first-order valence-electron chi connectivity index (χ1n) is 5.63. The van der Waals surface area contributed by atoms with Crippen molar-refractivity contribution in [2.24, 2.45) is 0 Å². The van der Waals surface area contributed by atoms with Crippen molar-refractivity contribution in [1.29, 1.82) is 0 Å². The zero-order chi connectivity index (χ0) is 11.4. The number of nitrogens with one attached hydrogen (secondary N) is 1. The Kier molecular flexibility index (Phi) is 3.84. The minimum atomic E-state index is -0.508. The fourth-order valence-electron chi connectivity index (χ4n) is 1.85. The van der Waals surface area contributed by atoms with Crippen LogP contribution in [-0.4, -0.2) is 33.7 Å². The molecule has 1 aliphatic rings. The van der Waals surface area contributed by atoms with Crippen LogP contribution in [0.25, 0.3) is 0 Å². The van der Waals surface area contributed by atoms with Crippen LogP contribution in [0.4, 0.5) is 0 Å². The molecule has 1 aromatic heterocycles. The molecule has 1 fully saturated rings. The van der Waals surface area contributed by atoms with Crippen molar-refractivity contribution >= 4 is 11.8 Å². The molecule has 0 aliphatic carbocycles. The summed E-state index contributed by atoms with van der Waals surface area (Å²) in [7, 11) is 0. The van der Waals surface area contributed by atoms with Gasteiger partial charge in [0.1, 0.15) is 0 Å². The quantitative estimate of drug-likeness (QED) is 0.836. The summed E-state index contributed by atoms with van der Waals surface area (Å²) in [6.07, 6.45) is 4.50. The minimum absolute atomic E-state index is 0.262. The maximum atomic E-state index is 10.2. The van der Waals surface area contributed by atoms with Crippen molar-refractivity contribution < 1.29 is 5.11 Å². The number of nitrogens with zero attached hydrogens (tertiary/aromatic N) is 1. The molecule has 0 bridgehead atoms. The second-order valence-electron chi connectivity index (χ2n) is 4.41. The van der Waals surface area contributed by atoms with Crippen molar-refractivity contribution in [3.63, 3.8) is 0 Å². The van der Waals surface area contributed by atoms with Crippen molar-refractivity contribution in [3.05, 3.63) is 30.1 Å². The first-order valence-corrected chi connectivity index (χ1v) is 6.78. The predicted molar refractivity (Wildman–Crippen MR) is 67.5 cm³/mol. The van der Waals surface area contributed by atoms with E-state index in [1.807, 2.05) is 23.9 Å². The zero-order valence-corrected chi connectivity index (χ0v) is 10.3. The van der Waals surface area contributed by atoms with E-state index < -0.39 is 5.60 Å². The molecule has 3 nitrogen and oxygen atoms in total. The molecular weight excluding hydrogens is 220 g/mol. The topological polar surface area (TPSA) is 45.1 Å². The number of thioether (sulfide) groups is 1. The van der Waals surface area contributed by atoms with Crippen molar-refractivity contribution in [2.45, 2.75) is 25.0 Å². The molecule has 2 heterocycles. The predicted octanol–water partition coefficient (Wildman–Crippen LogP) is 1.60. The summed E-state index contributed by atoms with van der Waals surface area (Å²) in [5, 5.41) is 13.6. The molecule has 2 rings (SSSR count). The summed E-state index contributed by atoms with van der Waals surface area (Å²) < 4.78 is 0. The molecule has 4 heteroatoms. The van der Waals surface area contributed by atoms with E-state index in [9.17, 15) is 5.11 Å². The van der Waals surface area contributed by atoms with Crippen molar-refractivity contribution in [3.8, 4) is 0 Å². The number of rotatable bonds is 4. The van der Waals surface area contributed by atoms with Crippen LogP contribution in [0.5, 0.6) is 0 Å². The van der Waals surface area contributed by atoms with Crippen LogP contribution < -0.4 is 5.32 Å². The first kappa shape index (κ1) is 11.9. The van der Waals surface area contributed by atoms with Gasteiger partial charge in [-0.15, -0.1) is 0 Å². The summed E-state index contributed by atoms with van der Waals surface area (Å²) in [4.78, 5) is 4.00. The van der Waals surface area contributed by atoms with Gasteiger partial charge in [0, 0.05) is 30.7 Å². The molecule has 1 saturated heterocycles. The van der Waals surface area contributed by atoms with E-state index in [2.05, 4.69) is 17.2 Å². The van der Waals surface area contributed by atoms with Gasteiger partial charge < -0.3 is 10.4 Å². The Balaban J connectivity index is 1.86. The molecule has 0 saturated carbocycles. The van der Waals surface area contributed by atoms with E-state index in [1.54, 1.807) is 12.4 Å². The lowest BCUT2D eigenvalue weighted by molar-refractivity contribution is 0.0651. The molecule has 1 aliphatic heterocycles. The third-order valence-electron chi connectivity index (χ3n) is 3.03. The lowest BCUT2D eigenvalue weighted by atomic mass is 10.0. The molecule has 88 valence electrons. The van der Waals surface area contributed by atoms with Gasteiger partial charge in [0.2, 0.25) is 0 Å². The number of pyridine rings is 1. The van der Waals surface area contributed by atoms with Gasteiger partial charge in [-0.05, 0) is 36.8 Å². The minimum Gasteiger partial charge on any atom is -0.388 e. The average molecular weight is 238 g/mol. The van der Waals surface area contributed by atoms with Crippen molar-refractivity contribution in [1.82, 2.24) is 10.3 Å². The fourth-order valence-corrected chi connectivity index (χ4v) is 3.14. The van der Waals surface area contributed by atoms with E-state index in [-0.39, 0.29) is 6.04 Å². The molecule has 0 amide bonds. The highest BCUT2D eigenvalue weighted by atomic mass is 32.2. The van der Waals surface area contributed by atoms with E-state index in [0.717, 1.165) is 17.9 Å². The van der Waals surface area contributed by atoms with E-state index in [1.165, 1.54) is 5.56 Å². The maximum Gasteiger partial charge on any atom is 0.0869 e. The number of hydrogen-bond donors (Lipinski definition) is 2. The Morgan fingerprint density at radius 1 is 1.56 bits per heavy atom. The van der Waals surface area contributed by atoms with Gasteiger partial charge in [-0.3, -0.25) is 4.98 Å². The van der Waals surface area contributed by atoms with Gasteiger partial charge in [-0.1, -0.05) is 0 Å². The summed E-state index contributed by atoms with van der Waals surface area (Å²) in [6.45, 7) is 2.78. The van der Waals surface area contributed by atoms with Gasteiger partial charge in [0.05, 0.1) is 5.60 Å². The molecule has 0 aromatic carbocycles. The highest BCUT2D eigenvalue weighted by molar-refractivity contribution is 7.99. The first-order chi connectivity index (χ1) is 7.70. The Morgan fingerprint density at radius 2 is 2.31 bits per heavy atom. The molecule has 2 atom stereocenters. The van der Waals surface area contributed by atoms with Gasteiger partial charge >= 0.3 is 0 Å². The van der Waals surface area contributed by atoms with Crippen LogP contribution in [-0.2, 0) is 0 Å². The van der Waals surface area contributed by atoms with Crippen LogP contribution in [0.15, 0.2) is 24.5 Å². The molecule has 2 unspecified atom stereocenters. The normalized spacial score (nSPS) is 26.9. The van der Waals surface area contributed by atoms with Gasteiger partial charge in [0.25, 0.3) is 0 Å². The monoisotopic (exact) mass is 238 g/mol. The highest BCUT2D eigenvalue weighted by Crippen LogP contribution is 2.27. The second-order valence-corrected chi connectivity index (χ2v) is 5.52. The summed E-state index contributed by atoms with van der Waals surface area (Å²) in [5.41, 5.74) is 0.704. The van der Waals surface area contributed by atoms with Crippen LogP contribution in [0.3, 0.4) is 0 Å². The molecular formula is C12H18N2OS. The smallest absolute Gasteiger partial charge is 0.0869 e. The molecule has 0 spiro atoms. The van der Waals surface area contributed by atoms with Gasteiger partial charge in [0.15, 0.2) is 0 Å². The van der Waals surface area contributed by atoms with Crippen LogP contribution in [0, 0.1) is 0 Å². The zero-order valence-electron chi connectivity index (χ0n) is 9.52. The molecule has 1 aromatic rings. The molecule has 0 radical (unpaired) electrons. The average Bonchev–Trinajstić information content (AvgIpc) is 2.75. The van der Waals surface area contributed by atoms with E-state index in [4.69, 9.17) is 0 Å². The summed E-state index contributed by atoms with van der Waals surface area (Å²) >= 11 is 1.83. The Hall–Kier alpha value is -0.580. The molecule has 16 heavy (non-hydrogen) atoms. The Labute approximate surface area is 101 Å². The van der Waals surface area contributed by atoms with E-state index >= 15 is 0 Å². The van der Waals surface area contributed by atoms with Gasteiger partial charge in [-0.2, -0.15) is 11.8 Å². The van der Waals surface area contributed by atoms with Crippen molar-refractivity contribution in [2.75, 3.05) is 18.1 Å². The maximum absolute atomic E-state index is 10.2. The van der Waals surface area contributed by atoms with Crippen LogP contribution in [0.2, 0.25) is 0 Å². The Morgan fingerprint density at radius 3 is 2.94 bits per heavy atom. The van der Waals surface area contributed by atoms with Crippen LogP contribution >= 0.6 is 11.8 Å². The van der Waals surface area contributed by atoms with Gasteiger partial charge in [-0.25, -0.2) is 0 Å². The Bertz CT molecular complexity index is 325. The number of hydrogen-bond acceptors (Lipinski definition) is 4. The number of aliphatic hydroxyl groups is 1. The lowest BCUT2D eigenvalue weighted by Gasteiger charge is -2.24. The second kappa shape index (κ2) is 5.17. The molecule has 2 N–H and O–H groups in total.